The Hall–Kier alpha value is -1.13. The lowest BCUT2D eigenvalue weighted by Gasteiger charge is -2.36. The van der Waals surface area contributed by atoms with E-state index in [1.807, 2.05) is 6.07 Å². The number of halogens is 1. The summed E-state index contributed by atoms with van der Waals surface area (Å²) in [6, 6.07) is 6.58. The lowest BCUT2D eigenvalue weighted by atomic mass is 10.2. The van der Waals surface area contributed by atoms with Gasteiger partial charge in [0.05, 0.1) is 15.5 Å². The molecule has 1 saturated heterocycles. The molecule has 1 heterocycles. The third-order valence-electron chi connectivity index (χ3n) is 3.70. The first-order valence-corrected chi connectivity index (χ1v) is 8.62. The molecule has 0 bridgehead atoms. The van der Waals surface area contributed by atoms with Crippen LogP contribution in [-0.2, 0) is 10.0 Å². The van der Waals surface area contributed by atoms with Crippen molar-refractivity contribution < 1.29 is 8.42 Å². The fourth-order valence-corrected chi connectivity index (χ4v) is 4.09. The molecule has 1 aromatic rings. The molecule has 114 valence electrons. The van der Waals surface area contributed by atoms with Crippen LogP contribution in [0.1, 0.15) is 19.4 Å². The van der Waals surface area contributed by atoms with Gasteiger partial charge in [-0.3, -0.25) is 4.90 Å². The van der Waals surface area contributed by atoms with Crippen LogP contribution in [0.4, 0.5) is 0 Å². The van der Waals surface area contributed by atoms with Gasteiger partial charge >= 0.3 is 0 Å². The predicted octanol–water partition coefficient (Wildman–Crippen LogP) is 1.93. The zero-order valence-electron chi connectivity index (χ0n) is 12.1. The summed E-state index contributed by atoms with van der Waals surface area (Å²) in [6.45, 7) is 6.59. The Bertz CT molecular complexity index is 659. The normalized spacial score (nSPS) is 17.9. The quantitative estimate of drug-likeness (QED) is 0.851. The molecule has 0 saturated carbocycles. The highest BCUT2D eigenvalue weighted by Gasteiger charge is 2.29. The zero-order chi connectivity index (χ0) is 15.6. The van der Waals surface area contributed by atoms with Crippen molar-refractivity contribution in [2.45, 2.75) is 24.8 Å². The number of rotatable bonds is 3. The molecule has 0 radical (unpaired) electrons. The van der Waals surface area contributed by atoms with E-state index < -0.39 is 10.0 Å². The van der Waals surface area contributed by atoms with Gasteiger partial charge in [-0.15, -0.1) is 0 Å². The molecule has 0 amide bonds. The zero-order valence-corrected chi connectivity index (χ0v) is 13.7. The second-order valence-electron chi connectivity index (χ2n) is 5.29. The fourth-order valence-electron chi connectivity index (χ4n) is 2.36. The minimum Gasteiger partial charge on any atom is -0.298 e. The third-order valence-corrected chi connectivity index (χ3v) is 5.91. The second-order valence-corrected chi connectivity index (χ2v) is 7.63. The van der Waals surface area contributed by atoms with Crippen LogP contribution in [0.25, 0.3) is 0 Å². The summed E-state index contributed by atoms with van der Waals surface area (Å²) in [5.41, 5.74) is 0.278. The number of sulfonamides is 1. The molecule has 0 aromatic heterocycles. The smallest absolute Gasteiger partial charge is 0.243 e. The van der Waals surface area contributed by atoms with Gasteiger partial charge in [-0.25, -0.2) is 8.42 Å². The third kappa shape index (κ3) is 3.38. The molecule has 1 aliphatic heterocycles. The summed E-state index contributed by atoms with van der Waals surface area (Å²) in [5, 5.41) is 9.01. The van der Waals surface area contributed by atoms with Crippen LogP contribution in [0.2, 0.25) is 5.02 Å². The highest BCUT2D eigenvalue weighted by Crippen LogP contribution is 2.23. The van der Waals surface area contributed by atoms with Crippen LogP contribution < -0.4 is 0 Å². The van der Waals surface area contributed by atoms with E-state index in [0.29, 0.717) is 19.1 Å². The van der Waals surface area contributed by atoms with Crippen LogP contribution in [0.15, 0.2) is 23.1 Å². The SMILES string of the molecule is CC(C)N1CCN(S(=O)(=O)c2ccc(C#N)c(Cl)c2)CC1. The standard InChI is InChI=1S/C14H18ClN3O2S/c1-11(2)17-5-7-18(8-6-17)21(19,20)13-4-3-12(10-16)14(15)9-13/h3-4,9,11H,5-8H2,1-2H3. The number of nitriles is 1. The van der Waals surface area contributed by atoms with Gasteiger partial charge in [0.2, 0.25) is 10.0 Å². The first kappa shape index (κ1) is 16.2. The molecule has 1 aliphatic rings. The van der Waals surface area contributed by atoms with Gasteiger partial charge < -0.3 is 0 Å². The summed E-state index contributed by atoms with van der Waals surface area (Å²) < 4.78 is 26.6. The largest absolute Gasteiger partial charge is 0.298 e. The Morgan fingerprint density at radius 2 is 1.86 bits per heavy atom. The Morgan fingerprint density at radius 3 is 2.33 bits per heavy atom. The van der Waals surface area contributed by atoms with Gasteiger partial charge in [-0.05, 0) is 32.0 Å². The predicted molar refractivity (Wildman–Crippen MR) is 81.6 cm³/mol. The van der Waals surface area contributed by atoms with Crippen LogP contribution in [-0.4, -0.2) is 49.8 Å². The number of nitrogens with zero attached hydrogens (tertiary/aromatic N) is 3. The molecule has 5 nitrogen and oxygen atoms in total. The lowest BCUT2D eigenvalue weighted by Crippen LogP contribution is -2.50. The monoisotopic (exact) mass is 327 g/mol. The molecule has 0 spiro atoms. The number of hydrogen-bond donors (Lipinski definition) is 0. The van der Waals surface area contributed by atoms with Crippen molar-refractivity contribution in [2.24, 2.45) is 0 Å². The van der Waals surface area contributed by atoms with Gasteiger partial charge in [-0.1, -0.05) is 11.6 Å². The first-order valence-electron chi connectivity index (χ1n) is 6.80. The van der Waals surface area contributed by atoms with Crippen molar-refractivity contribution in [2.75, 3.05) is 26.2 Å². The van der Waals surface area contributed by atoms with E-state index in [0.717, 1.165) is 13.1 Å². The van der Waals surface area contributed by atoms with Gasteiger partial charge in [0.1, 0.15) is 6.07 Å². The Morgan fingerprint density at radius 1 is 1.24 bits per heavy atom. The highest BCUT2D eigenvalue weighted by molar-refractivity contribution is 7.89. The minimum absolute atomic E-state index is 0.143. The van der Waals surface area contributed by atoms with Crippen molar-refractivity contribution in [1.29, 1.82) is 5.26 Å². The van der Waals surface area contributed by atoms with E-state index in [2.05, 4.69) is 18.7 Å². The van der Waals surface area contributed by atoms with Gasteiger partial charge in [0, 0.05) is 32.2 Å². The summed E-state index contributed by atoms with van der Waals surface area (Å²) in [6.07, 6.45) is 0. The summed E-state index contributed by atoms with van der Waals surface area (Å²) >= 11 is 5.93. The molecule has 1 aromatic carbocycles. The molecule has 0 N–H and O–H groups in total. The van der Waals surface area contributed by atoms with E-state index in [-0.39, 0.29) is 15.5 Å². The van der Waals surface area contributed by atoms with E-state index in [1.165, 1.54) is 22.5 Å². The summed E-state index contributed by atoms with van der Waals surface area (Å²) in [7, 11) is -3.55. The summed E-state index contributed by atoms with van der Waals surface area (Å²) in [4.78, 5) is 2.39. The van der Waals surface area contributed by atoms with E-state index >= 15 is 0 Å². The topological polar surface area (TPSA) is 64.4 Å². The van der Waals surface area contributed by atoms with Gasteiger partial charge in [-0.2, -0.15) is 9.57 Å². The highest BCUT2D eigenvalue weighted by atomic mass is 35.5. The van der Waals surface area contributed by atoms with E-state index in [4.69, 9.17) is 16.9 Å². The number of benzene rings is 1. The van der Waals surface area contributed by atoms with Crippen molar-refractivity contribution in [3.05, 3.63) is 28.8 Å². The molecule has 2 rings (SSSR count). The molecule has 0 atom stereocenters. The van der Waals surface area contributed by atoms with E-state index in [1.54, 1.807) is 0 Å². The second kappa shape index (κ2) is 6.32. The Kier molecular flexibility index (Phi) is 4.89. The van der Waals surface area contributed by atoms with Gasteiger partial charge in [0.25, 0.3) is 0 Å². The Labute approximate surface area is 130 Å². The number of hydrogen-bond acceptors (Lipinski definition) is 4. The number of piperazine rings is 1. The first-order chi connectivity index (χ1) is 9.86. The van der Waals surface area contributed by atoms with Gasteiger partial charge in [0.15, 0.2) is 0 Å². The molecular formula is C14H18ClN3O2S. The van der Waals surface area contributed by atoms with Crippen molar-refractivity contribution >= 4 is 21.6 Å². The van der Waals surface area contributed by atoms with Crippen molar-refractivity contribution in [1.82, 2.24) is 9.21 Å². The molecule has 7 heteroatoms. The maximum atomic E-state index is 12.6. The average Bonchev–Trinajstić information content (AvgIpc) is 2.47. The van der Waals surface area contributed by atoms with Crippen LogP contribution in [0.3, 0.4) is 0 Å². The van der Waals surface area contributed by atoms with Crippen molar-refractivity contribution in [3.63, 3.8) is 0 Å². The fraction of sp³-hybridized carbons (Fsp3) is 0.500. The molecule has 1 fully saturated rings. The minimum atomic E-state index is -3.55. The molecular weight excluding hydrogens is 310 g/mol. The Balaban J connectivity index is 2.20. The summed E-state index contributed by atoms with van der Waals surface area (Å²) in [5.74, 6) is 0. The van der Waals surface area contributed by atoms with Crippen molar-refractivity contribution in [3.8, 4) is 6.07 Å². The van der Waals surface area contributed by atoms with E-state index in [9.17, 15) is 8.42 Å². The lowest BCUT2D eigenvalue weighted by molar-refractivity contribution is 0.154. The van der Waals surface area contributed by atoms with Crippen LogP contribution in [0.5, 0.6) is 0 Å². The van der Waals surface area contributed by atoms with Crippen LogP contribution >= 0.6 is 11.6 Å². The maximum absolute atomic E-state index is 12.6. The van der Waals surface area contributed by atoms with Crippen LogP contribution in [0, 0.1) is 11.3 Å². The molecule has 0 unspecified atom stereocenters. The maximum Gasteiger partial charge on any atom is 0.243 e. The average molecular weight is 328 g/mol. The molecule has 21 heavy (non-hydrogen) atoms. The molecule has 0 aliphatic carbocycles.